The molecule has 4 rings (SSSR count). The van der Waals surface area contributed by atoms with Crippen molar-refractivity contribution in [1.29, 1.82) is 0 Å². The van der Waals surface area contributed by atoms with Crippen molar-refractivity contribution in [2.45, 2.75) is 45.2 Å². The molecule has 5 nitrogen and oxygen atoms in total. The van der Waals surface area contributed by atoms with E-state index in [1.807, 2.05) is 38.1 Å². The SMILES string of the molecule is COc1ccc(OC[C@H]2[C@@H]3CC[C@H](C3)N2C(=O)c2sc(C)nc2C)cc1. The molecule has 138 valence electrons. The number of benzene rings is 1. The van der Waals surface area contributed by atoms with E-state index < -0.39 is 0 Å². The third-order valence-corrected chi connectivity index (χ3v) is 6.61. The van der Waals surface area contributed by atoms with Crippen LogP contribution in [0.25, 0.3) is 0 Å². The van der Waals surface area contributed by atoms with Gasteiger partial charge in [0.25, 0.3) is 5.91 Å². The lowest BCUT2D eigenvalue weighted by molar-refractivity contribution is 0.0509. The zero-order chi connectivity index (χ0) is 18.3. The lowest BCUT2D eigenvalue weighted by atomic mass is 9.99. The number of ether oxygens (including phenoxy) is 2. The molecule has 2 heterocycles. The molecule has 0 spiro atoms. The maximum Gasteiger partial charge on any atom is 0.266 e. The topological polar surface area (TPSA) is 51.7 Å². The monoisotopic (exact) mass is 372 g/mol. The number of fused-ring (bicyclic) bond motifs is 2. The standard InChI is InChI=1S/C20H24N2O3S/c1-12-19(26-13(2)21-12)20(23)22-15-5-4-14(10-15)18(22)11-25-17-8-6-16(24-3)7-9-17/h6-9,14-15,18H,4-5,10-11H2,1-3H3/t14-,15-,18+/m1/s1. The first-order valence-corrected chi connectivity index (χ1v) is 9.92. The average molecular weight is 372 g/mol. The molecule has 1 saturated carbocycles. The highest BCUT2D eigenvalue weighted by Crippen LogP contribution is 2.43. The summed E-state index contributed by atoms with van der Waals surface area (Å²) in [6, 6.07) is 8.10. The molecule has 2 bridgehead atoms. The number of amides is 1. The van der Waals surface area contributed by atoms with Crippen LogP contribution in [0, 0.1) is 19.8 Å². The van der Waals surface area contributed by atoms with Gasteiger partial charge in [-0.3, -0.25) is 4.79 Å². The van der Waals surface area contributed by atoms with Gasteiger partial charge in [0.2, 0.25) is 0 Å². The van der Waals surface area contributed by atoms with Crippen LogP contribution in [0.2, 0.25) is 0 Å². The summed E-state index contributed by atoms with van der Waals surface area (Å²) in [5.74, 6) is 2.29. The summed E-state index contributed by atoms with van der Waals surface area (Å²) in [4.78, 5) is 20.5. The fourth-order valence-electron chi connectivity index (χ4n) is 4.33. The summed E-state index contributed by atoms with van der Waals surface area (Å²) >= 11 is 1.50. The summed E-state index contributed by atoms with van der Waals surface area (Å²) < 4.78 is 11.2. The molecule has 0 unspecified atom stereocenters. The Morgan fingerprint density at radius 1 is 1.23 bits per heavy atom. The Morgan fingerprint density at radius 2 is 1.96 bits per heavy atom. The number of aromatic nitrogens is 1. The van der Waals surface area contributed by atoms with E-state index in [1.165, 1.54) is 17.8 Å². The van der Waals surface area contributed by atoms with Crippen molar-refractivity contribution in [2.75, 3.05) is 13.7 Å². The first-order valence-electron chi connectivity index (χ1n) is 9.10. The number of rotatable bonds is 5. The van der Waals surface area contributed by atoms with Crippen molar-refractivity contribution in [3.63, 3.8) is 0 Å². The molecular weight excluding hydrogens is 348 g/mol. The number of aryl methyl sites for hydroxylation is 2. The number of nitrogens with zero attached hydrogens (tertiary/aromatic N) is 2. The zero-order valence-electron chi connectivity index (χ0n) is 15.4. The summed E-state index contributed by atoms with van der Waals surface area (Å²) in [6.07, 6.45) is 3.39. The molecule has 1 aromatic carbocycles. The second kappa shape index (κ2) is 6.91. The van der Waals surface area contributed by atoms with Crippen LogP contribution in [-0.4, -0.2) is 41.6 Å². The van der Waals surface area contributed by atoms with E-state index in [9.17, 15) is 4.79 Å². The Balaban J connectivity index is 1.50. The number of hydrogen-bond donors (Lipinski definition) is 0. The van der Waals surface area contributed by atoms with Crippen molar-refractivity contribution in [1.82, 2.24) is 9.88 Å². The molecular formula is C20H24N2O3S. The highest BCUT2D eigenvalue weighted by molar-refractivity contribution is 7.13. The number of carbonyl (C=O) groups excluding carboxylic acids is 1. The maximum absolute atomic E-state index is 13.2. The molecule has 1 amide bonds. The van der Waals surface area contributed by atoms with Crippen molar-refractivity contribution in [2.24, 2.45) is 5.92 Å². The third kappa shape index (κ3) is 3.07. The van der Waals surface area contributed by atoms with Gasteiger partial charge in [0, 0.05) is 6.04 Å². The van der Waals surface area contributed by atoms with E-state index in [0.717, 1.165) is 39.9 Å². The van der Waals surface area contributed by atoms with E-state index in [-0.39, 0.29) is 11.9 Å². The molecule has 1 saturated heterocycles. The van der Waals surface area contributed by atoms with E-state index in [0.29, 0.717) is 18.6 Å². The summed E-state index contributed by atoms with van der Waals surface area (Å²) in [7, 11) is 1.65. The summed E-state index contributed by atoms with van der Waals surface area (Å²) in [5.41, 5.74) is 0.843. The molecule has 0 radical (unpaired) electrons. The fourth-order valence-corrected chi connectivity index (χ4v) is 5.19. The second-order valence-corrected chi connectivity index (χ2v) is 8.34. The highest BCUT2D eigenvalue weighted by atomic mass is 32.1. The first kappa shape index (κ1) is 17.3. The second-order valence-electron chi connectivity index (χ2n) is 7.14. The molecule has 2 aromatic rings. The van der Waals surface area contributed by atoms with Crippen molar-refractivity contribution in [3.8, 4) is 11.5 Å². The van der Waals surface area contributed by atoms with Crippen LogP contribution >= 0.6 is 11.3 Å². The molecule has 26 heavy (non-hydrogen) atoms. The molecule has 1 aliphatic carbocycles. The lowest BCUT2D eigenvalue weighted by Gasteiger charge is -2.35. The van der Waals surface area contributed by atoms with Gasteiger partial charge in [-0.05, 0) is 63.3 Å². The van der Waals surface area contributed by atoms with Crippen LogP contribution in [0.5, 0.6) is 11.5 Å². The minimum atomic E-state index is 0.128. The molecule has 1 aromatic heterocycles. The number of methoxy groups -OCH3 is 1. The van der Waals surface area contributed by atoms with Crippen LogP contribution in [0.3, 0.4) is 0 Å². The predicted molar refractivity (Wildman–Crippen MR) is 101 cm³/mol. The Bertz CT molecular complexity index is 802. The van der Waals surface area contributed by atoms with Gasteiger partial charge in [0.1, 0.15) is 23.0 Å². The molecule has 0 N–H and O–H groups in total. The van der Waals surface area contributed by atoms with Crippen molar-refractivity contribution < 1.29 is 14.3 Å². The lowest BCUT2D eigenvalue weighted by Crippen LogP contribution is -2.47. The maximum atomic E-state index is 13.2. The van der Waals surface area contributed by atoms with Crippen LogP contribution < -0.4 is 9.47 Å². The van der Waals surface area contributed by atoms with Gasteiger partial charge in [0.05, 0.1) is 23.9 Å². The zero-order valence-corrected chi connectivity index (χ0v) is 16.2. The minimum Gasteiger partial charge on any atom is -0.497 e. The number of carbonyl (C=O) groups is 1. The van der Waals surface area contributed by atoms with Crippen LogP contribution in [0.1, 0.15) is 39.6 Å². The van der Waals surface area contributed by atoms with Gasteiger partial charge in [-0.25, -0.2) is 4.98 Å². The smallest absolute Gasteiger partial charge is 0.266 e. The third-order valence-electron chi connectivity index (χ3n) is 5.55. The van der Waals surface area contributed by atoms with Gasteiger partial charge < -0.3 is 14.4 Å². The van der Waals surface area contributed by atoms with Crippen LogP contribution in [0.4, 0.5) is 0 Å². The van der Waals surface area contributed by atoms with Crippen LogP contribution in [-0.2, 0) is 0 Å². The number of likely N-dealkylation sites (tertiary alicyclic amines) is 1. The van der Waals surface area contributed by atoms with Gasteiger partial charge in [-0.15, -0.1) is 11.3 Å². The average Bonchev–Trinajstić information content (AvgIpc) is 3.34. The number of thiazole rings is 1. The fraction of sp³-hybridized carbons (Fsp3) is 0.500. The molecule has 6 heteroatoms. The largest absolute Gasteiger partial charge is 0.497 e. The number of hydrogen-bond acceptors (Lipinski definition) is 5. The van der Waals surface area contributed by atoms with Gasteiger partial charge in [-0.1, -0.05) is 0 Å². The summed E-state index contributed by atoms with van der Waals surface area (Å²) in [6.45, 7) is 4.42. The molecule has 2 aliphatic rings. The Labute approximate surface area is 157 Å². The van der Waals surface area contributed by atoms with E-state index in [1.54, 1.807) is 7.11 Å². The highest BCUT2D eigenvalue weighted by Gasteiger charge is 2.49. The quantitative estimate of drug-likeness (QED) is 0.800. The predicted octanol–water partition coefficient (Wildman–Crippen LogP) is 3.84. The first-order chi connectivity index (χ1) is 12.6. The van der Waals surface area contributed by atoms with Gasteiger partial charge in [0.15, 0.2) is 0 Å². The van der Waals surface area contributed by atoms with Gasteiger partial charge >= 0.3 is 0 Å². The minimum absolute atomic E-state index is 0.128. The Hall–Kier alpha value is -2.08. The molecule has 1 aliphatic heterocycles. The van der Waals surface area contributed by atoms with Crippen molar-refractivity contribution >= 4 is 17.2 Å². The van der Waals surface area contributed by atoms with Crippen LogP contribution in [0.15, 0.2) is 24.3 Å². The van der Waals surface area contributed by atoms with E-state index >= 15 is 0 Å². The summed E-state index contributed by atoms with van der Waals surface area (Å²) in [5, 5.41) is 0.946. The number of piperidine rings is 1. The Morgan fingerprint density at radius 3 is 2.62 bits per heavy atom. The normalized spacial score (nSPS) is 24.1. The van der Waals surface area contributed by atoms with E-state index in [2.05, 4.69) is 9.88 Å². The molecule has 2 fully saturated rings. The Kier molecular flexibility index (Phi) is 4.61. The van der Waals surface area contributed by atoms with E-state index in [4.69, 9.17) is 9.47 Å². The van der Waals surface area contributed by atoms with Crippen molar-refractivity contribution in [3.05, 3.63) is 39.8 Å². The van der Waals surface area contributed by atoms with Gasteiger partial charge in [-0.2, -0.15) is 0 Å². The molecule has 3 atom stereocenters.